The highest BCUT2D eigenvalue weighted by Gasteiger charge is 2.32. The Bertz CT molecular complexity index is 1230. The predicted octanol–water partition coefficient (Wildman–Crippen LogP) is 3.75. The number of halogens is 4. The number of alkyl halides is 2. The van der Waals surface area contributed by atoms with E-state index in [1.54, 1.807) is 11.0 Å². The van der Waals surface area contributed by atoms with Gasteiger partial charge in [0.15, 0.2) is 5.82 Å². The van der Waals surface area contributed by atoms with Crippen LogP contribution < -0.4 is 21.1 Å². The number of aromatic amines is 1. The summed E-state index contributed by atoms with van der Waals surface area (Å²) in [5.74, 6) is -2.78. The van der Waals surface area contributed by atoms with Gasteiger partial charge in [-0.15, -0.1) is 0 Å². The van der Waals surface area contributed by atoms with Crippen LogP contribution in [0.4, 0.5) is 28.9 Å². The third-order valence-electron chi connectivity index (χ3n) is 6.92. The highest BCUT2D eigenvalue weighted by atomic mass is 19.3. The molecular formula is C25H29F4N5O2. The van der Waals surface area contributed by atoms with Gasteiger partial charge in [0.25, 0.3) is 12.3 Å². The van der Waals surface area contributed by atoms with Gasteiger partial charge in [-0.3, -0.25) is 14.5 Å². The fraction of sp³-hybridized carbons (Fsp3) is 0.440. The van der Waals surface area contributed by atoms with Crippen LogP contribution >= 0.6 is 0 Å². The number of carbonyl (C=O) groups excluding carboxylic acids is 1. The topological polar surface area (TPSA) is 80.5 Å². The number of H-pyrrole nitrogens is 1. The summed E-state index contributed by atoms with van der Waals surface area (Å²) in [5.41, 5.74) is -2.10. The van der Waals surface area contributed by atoms with Gasteiger partial charge in [-0.1, -0.05) is 6.08 Å². The second-order valence-corrected chi connectivity index (χ2v) is 9.33. The molecule has 36 heavy (non-hydrogen) atoms. The largest absolute Gasteiger partial charge is 0.367 e. The zero-order chi connectivity index (χ0) is 26.1. The minimum atomic E-state index is -3.10. The van der Waals surface area contributed by atoms with Crippen molar-refractivity contribution < 1.29 is 22.4 Å². The Hall–Kier alpha value is -3.18. The van der Waals surface area contributed by atoms with E-state index in [0.29, 0.717) is 37.7 Å². The standard InChI is InChI=1S/C25H29F4N5O2/c1-13-11-34(12-14(2)33(13)3)19-8-18(26)21(15-5-4-6-30-9-15)22(27)23(19)32-25(36)17-10-31-20(35)7-16(17)24(28)29/h5,7-8,10,13-14,24,30H,4,6,9,11-12H2,1-3H3,(H,31,35)(H,32,36). The molecule has 0 saturated carbocycles. The zero-order valence-corrected chi connectivity index (χ0v) is 20.3. The summed E-state index contributed by atoms with van der Waals surface area (Å²) in [6.45, 7) is 5.76. The van der Waals surface area contributed by atoms with Crippen molar-refractivity contribution in [1.82, 2.24) is 15.2 Å². The summed E-state index contributed by atoms with van der Waals surface area (Å²) in [5, 5.41) is 5.49. The molecule has 3 N–H and O–H groups in total. The Morgan fingerprint density at radius 1 is 1.17 bits per heavy atom. The maximum atomic E-state index is 16.0. The van der Waals surface area contributed by atoms with Crippen molar-refractivity contribution in [2.24, 2.45) is 0 Å². The number of carbonyl (C=O) groups is 1. The molecule has 1 aromatic carbocycles. The van der Waals surface area contributed by atoms with E-state index < -0.39 is 40.7 Å². The second kappa shape index (κ2) is 10.4. The number of nitrogens with one attached hydrogen (secondary N) is 3. The van der Waals surface area contributed by atoms with E-state index in [-0.39, 0.29) is 35.6 Å². The van der Waals surface area contributed by atoms with Gasteiger partial charge in [0.1, 0.15) is 11.5 Å². The van der Waals surface area contributed by atoms with E-state index in [2.05, 4.69) is 20.5 Å². The van der Waals surface area contributed by atoms with Gasteiger partial charge in [-0.2, -0.15) is 0 Å². The monoisotopic (exact) mass is 507 g/mol. The summed E-state index contributed by atoms with van der Waals surface area (Å²) in [6, 6.07) is 1.93. The molecule has 0 bridgehead atoms. The van der Waals surface area contributed by atoms with Gasteiger partial charge >= 0.3 is 0 Å². The maximum absolute atomic E-state index is 16.0. The summed E-state index contributed by atoms with van der Waals surface area (Å²) in [6.07, 6.45) is 0.0914. The molecule has 1 amide bonds. The first-order valence-electron chi connectivity index (χ1n) is 11.8. The molecule has 7 nitrogen and oxygen atoms in total. The van der Waals surface area contributed by atoms with Crippen LogP contribution in [-0.2, 0) is 0 Å². The summed E-state index contributed by atoms with van der Waals surface area (Å²) in [7, 11) is 1.96. The summed E-state index contributed by atoms with van der Waals surface area (Å²) >= 11 is 0. The molecule has 3 heterocycles. The highest BCUT2D eigenvalue weighted by molar-refractivity contribution is 6.07. The first-order chi connectivity index (χ1) is 17.1. The van der Waals surface area contributed by atoms with E-state index in [1.165, 1.54) is 6.07 Å². The Labute approximate surface area is 206 Å². The molecule has 2 atom stereocenters. The van der Waals surface area contributed by atoms with E-state index >= 15 is 8.78 Å². The third-order valence-corrected chi connectivity index (χ3v) is 6.92. The van der Waals surface area contributed by atoms with Crippen molar-refractivity contribution in [2.45, 2.75) is 38.8 Å². The normalized spacial score (nSPS) is 21.0. The molecule has 2 unspecified atom stereocenters. The van der Waals surface area contributed by atoms with E-state index in [4.69, 9.17) is 0 Å². The Morgan fingerprint density at radius 2 is 1.86 bits per heavy atom. The quantitative estimate of drug-likeness (QED) is 0.538. The molecule has 1 saturated heterocycles. The summed E-state index contributed by atoms with van der Waals surface area (Å²) in [4.78, 5) is 30.8. The SMILES string of the molecule is CC1CN(c2cc(F)c(C3=CCCNC3)c(F)c2NC(=O)c2c[nH]c(=O)cc2C(F)F)CC(C)N1C. The van der Waals surface area contributed by atoms with Gasteiger partial charge in [-0.05, 0) is 39.4 Å². The Morgan fingerprint density at radius 3 is 2.47 bits per heavy atom. The minimum Gasteiger partial charge on any atom is -0.367 e. The zero-order valence-electron chi connectivity index (χ0n) is 20.3. The molecule has 1 aromatic heterocycles. The lowest BCUT2D eigenvalue weighted by molar-refractivity contribution is 0.101. The number of piperazine rings is 1. The van der Waals surface area contributed by atoms with Crippen molar-refractivity contribution in [3.63, 3.8) is 0 Å². The van der Waals surface area contributed by atoms with Crippen molar-refractivity contribution in [3.8, 4) is 0 Å². The average Bonchev–Trinajstić information content (AvgIpc) is 2.84. The Kier molecular flexibility index (Phi) is 7.51. The highest BCUT2D eigenvalue weighted by Crippen LogP contribution is 2.38. The van der Waals surface area contributed by atoms with E-state index in [1.807, 2.05) is 20.9 Å². The van der Waals surface area contributed by atoms with Crippen LogP contribution in [0.15, 0.2) is 29.2 Å². The number of benzene rings is 1. The van der Waals surface area contributed by atoms with Gasteiger partial charge < -0.3 is 20.5 Å². The molecule has 4 rings (SSSR count). The van der Waals surface area contributed by atoms with Gasteiger partial charge in [0, 0.05) is 55.6 Å². The first-order valence-corrected chi connectivity index (χ1v) is 11.8. The predicted molar refractivity (Wildman–Crippen MR) is 131 cm³/mol. The molecule has 2 aliphatic rings. The molecule has 0 aliphatic carbocycles. The minimum absolute atomic E-state index is 0.0537. The lowest BCUT2D eigenvalue weighted by Crippen LogP contribution is -2.55. The van der Waals surface area contributed by atoms with Crippen molar-refractivity contribution in [2.75, 3.05) is 43.4 Å². The molecule has 194 valence electrons. The van der Waals surface area contributed by atoms with Gasteiger partial charge in [-0.25, -0.2) is 17.6 Å². The van der Waals surface area contributed by atoms with Crippen LogP contribution in [-0.4, -0.2) is 61.1 Å². The molecule has 2 aliphatic heterocycles. The van der Waals surface area contributed by atoms with Crippen LogP contribution in [0.2, 0.25) is 0 Å². The number of hydrogen-bond donors (Lipinski definition) is 3. The summed E-state index contributed by atoms with van der Waals surface area (Å²) < 4.78 is 58.5. The van der Waals surface area contributed by atoms with Crippen LogP contribution in [0.25, 0.3) is 5.57 Å². The molecule has 0 radical (unpaired) electrons. The van der Waals surface area contributed by atoms with Gasteiger partial charge in [0.2, 0.25) is 5.56 Å². The Balaban J connectivity index is 1.83. The van der Waals surface area contributed by atoms with Crippen molar-refractivity contribution >= 4 is 22.9 Å². The average molecular weight is 508 g/mol. The van der Waals surface area contributed by atoms with Crippen LogP contribution in [0, 0.1) is 11.6 Å². The second-order valence-electron chi connectivity index (χ2n) is 9.33. The first kappa shape index (κ1) is 25.9. The number of nitrogens with zero attached hydrogens (tertiary/aromatic N) is 2. The van der Waals surface area contributed by atoms with Crippen LogP contribution in [0.3, 0.4) is 0 Å². The molecular weight excluding hydrogens is 478 g/mol. The number of rotatable bonds is 5. The molecule has 0 spiro atoms. The van der Waals surface area contributed by atoms with Crippen LogP contribution in [0.1, 0.15) is 48.2 Å². The van der Waals surface area contributed by atoms with E-state index in [9.17, 15) is 18.4 Å². The smallest absolute Gasteiger partial charge is 0.264 e. The number of likely N-dealkylation sites (N-methyl/N-ethyl adjacent to an activating group) is 1. The number of hydrogen-bond acceptors (Lipinski definition) is 5. The lowest BCUT2D eigenvalue weighted by atomic mass is 9.98. The molecule has 1 fully saturated rings. The van der Waals surface area contributed by atoms with Crippen molar-refractivity contribution in [3.05, 3.63) is 63.1 Å². The third kappa shape index (κ3) is 5.03. The van der Waals surface area contributed by atoms with Crippen molar-refractivity contribution in [1.29, 1.82) is 0 Å². The number of amides is 1. The van der Waals surface area contributed by atoms with E-state index in [0.717, 1.165) is 6.20 Å². The lowest BCUT2D eigenvalue weighted by Gasteiger charge is -2.44. The molecule has 11 heteroatoms. The number of aromatic nitrogens is 1. The number of pyridine rings is 1. The van der Waals surface area contributed by atoms with Gasteiger partial charge in [0.05, 0.1) is 16.8 Å². The fourth-order valence-corrected chi connectivity index (χ4v) is 4.75. The maximum Gasteiger partial charge on any atom is 0.264 e. The molecule has 2 aromatic rings. The van der Waals surface area contributed by atoms with Crippen LogP contribution in [0.5, 0.6) is 0 Å². The fourth-order valence-electron chi connectivity index (χ4n) is 4.75. The number of anilines is 2.